The number of nitrogens with one attached hydrogen (secondary N) is 1. The van der Waals surface area contributed by atoms with Gasteiger partial charge in [0.05, 0.1) is 6.04 Å². The molecular formula is C24H30N4O4. The van der Waals surface area contributed by atoms with Crippen molar-refractivity contribution < 1.29 is 19.1 Å². The predicted molar refractivity (Wildman–Crippen MR) is 119 cm³/mol. The van der Waals surface area contributed by atoms with E-state index in [-0.39, 0.29) is 47.4 Å². The van der Waals surface area contributed by atoms with Gasteiger partial charge in [0.2, 0.25) is 0 Å². The highest BCUT2D eigenvalue weighted by atomic mass is 16.6. The number of piperidine rings is 1. The molecule has 32 heavy (non-hydrogen) atoms. The van der Waals surface area contributed by atoms with Crippen molar-refractivity contribution in [1.82, 2.24) is 20.0 Å². The minimum absolute atomic E-state index is 0.0114. The Morgan fingerprint density at radius 3 is 2.31 bits per heavy atom. The molecule has 1 aromatic carbocycles. The molecule has 1 saturated heterocycles. The number of amides is 2. The first-order valence-electron chi connectivity index (χ1n) is 11.0. The van der Waals surface area contributed by atoms with Gasteiger partial charge in [-0.2, -0.15) is 5.10 Å². The lowest BCUT2D eigenvalue weighted by atomic mass is 10.1. The van der Waals surface area contributed by atoms with E-state index in [1.807, 2.05) is 58.0 Å². The van der Waals surface area contributed by atoms with Gasteiger partial charge in [-0.05, 0) is 33.3 Å². The van der Waals surface area contributed by atoms with Crippen LogP contribution in [0.5, 0.6) is 0 Å². The predicted octanol–water partition coefficient (Wildman–Crippen LogP) is 3.29. The Morgan fingerprint density at radius 2 is 1.75 bits per heavy atom. The summed E-state index contributed by atoms with van der Waals surface area (Å²) in [6, 6.07) is 11.1. The molecule has 0 spiro atoms. The van der Waals surface area contributed by atoms with Crippen LogP contribution in [-0.4, -0.2) is 57.2 Å². The van der Waals surface area contributed by atoms with Crippen molar-refractivity contribution in [3.05, 3.63) is 53.3 Å². The minimum Gasteiger partial charge on any atom is -0.444 e. The molecule has 1 N–H and O–H groups in total. The first-order chi connectivity index (χ1) is 15.0. The number of hydrogen-bond donors (Lipinski definition) is 1. The molecule has 2 amide bonds. The second kappa shape index (κ2) is 8.07. The molecule has 1 aromatic heterocycles. The summed E-state index contributed by atoms with van der Waals surface area (Å²) in [6.07, 6.45) is -0.310. The molecule has 1 saturated carbocycles. The zero-order valence-corrected chi connectivity index (χ0v) is 19.2. The van der Waals surface area contributed by atoms with Crippen LogP contribution < -0.4 is 5.32 Å². The summed E-state index contributed by atoms with van der Waals surface area (Å²) in [4.78, 5) is 39.0. The second-order valence-electron chi connectivity index (χ2n) is 9.71. The second-order valence-corrected chi connectivity index (χ2v) is 9.71. The number of rotatable bonds is 5. The van der Waals surface area contributed by atoms with Crippen LogP contribution in [0.3, 0.4) is 0 Å². The molecule has 8 nitrogen and oxygen atoms in total. The van der Waals surface area contributed by atoms with Gasteiger partial charge in [0.15, 0.2) is 5.78 Å². The monoisotopic (exact) mass is 438 g/mol. The molecule has 4 atom stereocenters. The number of benzene rings is 1. The Bertz CT molecular complexity index is 1030. The zero-order chi connectivity index (χ0) is 23.2. The molecule has 8 heteroatoms. The number of carbonyl (C=O) groups excluding carboxylic acids is 3. The summed E-state index contributed by atoms with van der Waals surface area (Å²) in [5.74, 6) is 0.00804. The normalized spacial score (nSPS) is 22.8. The molecule has 2 aliphatic rings. The Balaban J connectivity index is 1.44. The first-order valence-corrected chi connectivity index (χ1v) is 11.0. The van der Waals surface area contributed by atoms with Gasteiger partial charge in [-0.15, -0.1) is 0 Å². The summed E-state index contributed by atoms with van der Waals surface area (Å²) < 4.78 is 7.06. The third-order valence-electron chi connectivity index (χ3n) is 6.12. The molecule has 1 aliphatic heterocycles. The summed E-state index contributed by atoms with van der Waals surface area (Å²) in [7, 11) is 0. The van der Waals surface area contributed by atoms with Crippen LogP contribution in [0.4, 0.5) is 4.79 Å². The smallest absolute Gasteiger partial charge is 0.410 e. The number of ether oxygens (including phenoxy) is 1. The van der Waals surface area contributed by atoms with E-state index < -0.39 is 5.60 Å². The van der Waals surface area contributed by atoms with E-state index in [1.54, 1.807) is 15.6 Å². The van der Waals surface area contributed by atoms with Crippen molar-refractivity contribution in [3.8, 4) is 0 Å². The lowest BCUT2D eigenvalue weighted by Crippen LogP contribution is -2.40. The van der Waals surface area contributed by atoms with Crippen LogP contribution in [0.1, 0.15) is 67.2 Å². The van der Waals surface area contributed by atoms with Crippen molar-refractivity contribution in [2.75, 3.05) is 13.1 Å². The van der Waals surface area contributed by atoms with E-state index in [4.69, 9.17) is 4.74 Å². The fraction of sp³-hybridized carbons (Fsp3) is 0.500. The minimum atomic E-state index is -0.528. The van der Waals surface area contributed by atoms with Crippen LogP contribution in [-0.2, 0) is 4.74 Å². The Morgan fingerprint density at radius 1 is 1.12 bits per heavy atom. The molecule has 0 radical (unpaired) electrons. The van der Waals surface area contributed by atoms with Crippen molar-refractivity contribution in [2.24, 2.45) is 11.8 Å². The van der Waals surface area contributed by atoms with Crippen LogP contribution in [0.15, 0.2) is 36.4 Å². The number of Topliss-reactive ketones (excluding diaryl/α,β-unsaturated/α-hetero) is 1. The maximum Gasteiger partial charge on any atom is 0.410 e. The third kappa shape index (κ3) is 4.40. The quantitative estimate of drug-likeness (QED) is 0.723. The summed E-state index contributed by atoms with van der Waals surface area (Å²) in [5, 5.41) is 7.50. The van der Waals surface area contributed by atoms with Crippen LogP contribution in [0.25, 0.3) is 0 Å². The van der Waals surface area contributed by atoms with Crippen LogP contribution in [0, 0.1) is 11.8 Å². The SMILES string of the molecule is CC(=O)c1cc(C(=O)N[C@H]2[C@@H]3CN(C(=O)OC(C)(C)C)C[C@@H]32)n([C@@H](C)c2ccccc2)n1. The summed E-state index contributed by atoms with van der Waals surface area (Å²) >= 11 is 0. The fourth-order valence-corrected chi connectivity index (χ4v) is 4.35. The first kappa shape index (κ1) is 22.0. The largest absolute Gasteiger partial charge is 0.444 e. The molecule has 0 bridgehead atoms. The van der Waals surface area contributed by atoms with Crippen molar-refractivity contribution in [3.63, 3.8) is 0 Å². The molecule has 170 valence electrons. The maximum atomic E-state index is 13.1. The molecule has 4 rings (SSSR count). The van der Waals surface area contributed by atoms with Gasteiger partial charge in [0.1, 0.15) is 17.0 Å². The van der Waals surface area contributed by atoms with Gasteiger partial charge in [-0.3, -0.25) is 14.3 Å². The Kier molecular flexibility index (Phi) is 5.56. The molecule has 2 aromatic rings. The summed E-state index contributed by atoms with van der Waals surface area (Å²) in [6.45, 7) is 10.1. The molecule has 2 heterocycles. The zero-order valence-electron chi connectivity index (χ0n) is 19.2. The summed E-state index contributed by atoms with van der Waals surface area (Å²) in [5.41, 5.74) is 1.10. The lowest BCUT2D eigenvalue weighted by Gasteiger charge is -2.26. The average molecular weight is 439 g/mol. The topological polar surface area (TPSA) is 93.5 Å². The van der Waals surface area contributed by atoms with Crippen LogP contribution >= 0.6 is 0 Å². The van der Waals surface area contributed by atoms with Gasteiger partial charge in [-0.1, -0.05) is 30.3 Å². The Hall–Kier alpha value is -3.16. The van der Waals surface area contributed by atoms with E-state index in [1.165, 1.54) is 6.92 Å². The van der Waals surface area contributed by atoms with Crippen molar-refractivity contribution >= 4 is 17.8 Å². The highest BCUT2D eigenvalue weighted by Crippen LogP contribution is 2.46. The van der Waals surface area contributed by atoms with Crippen LogP contribution in [0.2, 0.25) is 0 Å². The molecule has 0 unspecified atom stereocenters. The van der Waals surface area contributed by atoms with Gasteiger partial charge in [0, 0.05) is 44.0 Å². The number of hydrogen-bond acceptors (Lipinski definition) is 5. The standard InChI is InChI=1S/C24H30N4O4/c1-14(16-9-7-6-8-10-16)28-20(11-19(26-28)15(2)29)22(30)25-21-17-12-27(13-18(17)21)23(31)32-24(3,4)5/h6-11,14,17-18,21H,12-13H2,1-5H3,(H,25,30)/t14-,17-,18+,21+/m0/s1. The molecular weight excluding hydrogens is 408 g/mol. The van der Waals surface area contributed by atoms with E-state index in [9.17, 15) is 14.4 Å². The molecule has 1 aliphatic carbocycles. The van der Waals surface area contributed by atoms with E-state index in [2.05, 4.69) is 10.4 Å². The molecule has 2 fully saturated rings. The van der Waals surface area contributed by atoms with Gasteiger partial charge < -0.3 is 15.0 Å². The lowest BCUT2D eigenvalue weighted by molar-refractivity contribution is 0.0269. The van der Waals surface area contributed by atoms with Crippen molar-refractivity contribution in [1.29, 1.82) is 0 Å². The van der Waals surface area contributed by atoms with E-state index >= 15 is 0 Å². The van der Waals surface area contributed by atoms with Gasteiger partial charge >= 0.3 is 6.09 Å². The van der Waals surface area contributed by atoms with Crippen molar-refractivity contribution in [2.45, 2.75) is 52.3 Å². The van der Waals surface area contributed by atoms with Gasteiger partial charge in [-0.25, -0.2) is 4.79 Å². The number of likely N-dealkylation sites (tertiary alicyclic amines) is 1. The highest BCUT2D eigenvalue weighted by molar-refractivity contribution is 5.98. The fourth-order valence-electron chi connectivity index (χ4n) is 4.35. The van der Waals surface area contributed by atoms with E-state index in [0.717, 1.165) is 5.56 Å². The number of aromatic nitrogens is 2. The number of carbonyl (C=O) groups is 3. The number of fused-ring (bicyclic) bond motifs is 1. The Labute approximate surface area is 187 Å². The highest BCUT2D eigenvalue weighted by Gasteiger charge is 2.58. The van der Waals surface area contributed by atoms with E-state index in [0.29, 0.717) is 18.8 Å². The maximum absolute atomic E-state index is 13.1. The third-order valence-corrected chi connectivity index (χ3v) is 6.12. The average Bonchev–Trinajstić information content (AvgIpc) is 3.12. The van der Waals surface area contributed by atoms with Gasteiger partial charge in [0.25, 0.3) is 5.91 Å². The number of nitrogens with zero attached hydrogens (tertiary/aromatic N) is 3. The number of ketones is 1.